The van der Waals surface area contributed by atoms with E-state index in [1.807, 2.05) is 85.0 Å². The quantitative estimate of drug-likeness (QED) is 0.794. The Hall–Kier alpha value is -3.52. The molecule has 0 aliphatic heterocycles. The Labute approximate surface area is 152 Å². The second-order valence-corrected chi connectivity index (χ2v) is 6.15. The highest BCUT2D eigenvalue weighted by Crippen LogP contribution is 2.29. The smallest absolute Gasteiger partial charge is 0.186 e. The van der Waals surface area contributed by atoms with E-state index >= 15 is 0 Å². The van der Waals surface area contributed by atoms with E-state index in [1.165, 1.54) is 0 Å². The lowest BCUT2D eigenvalue weighted by Crippen LogP contribution is -2.06. The van der Waals surface area contributed by atoms with Crippen LogP contribution < -0.4 is 0 Å². The summed E-state index contributed by atoms with van der Waals surface area (Å²) in [6.45, 7) is 0. The summed E-state index contributed by atoms with van der Waals surface area (Å²) in [7, 11) is 0. The molecule has 0 radical (unpaired) electrons. The predicted octanol–water partition coefficient (Wildman–Crippen LogP) is 4.73. The molecule has 2 nitrogen and oxygen atoms in total. The third-order valence-corrected chi connectivity index (χ3v) is 4.46. The summed E-state index contributed by atoms with van der Waals surface area (Å²) in [6.07, 6.45) is 10.6. The predicted molar refractivity (Wildman–Crippen MR) is 104 cm³/mol. The standard InChI is InChI=1S/C24H16O2/c25-23-13-11-19(15-21(23)17-7-3-1-4-8-17)20-12-14-24(26)22(16-20)18-9-5-2-6-10-18/h1-16H/b20-19+. The second kappa shape index (κ2) is 6.77. The number of carbonyl (C=O) groups is 2. The van der Waals surface area contributed by atoms with Crippen molar-refractivity contribution in [2.75, 3.05) is 0 Å². The Morgan fingerprint density at radius 3 is 1.23 bits per heavy atom. The van der Waals surface area contributed by atoms with Gasteiger partial charge in [-0.3, -0.25) is 9.59 Å². The van der Waals surface area contributed by atoms with Gasteiger partial charge in [-0.05, 0) is 46.6 Å². The van der Waals surface area contributed by atoms with E-state index in [1.54, 1.807) is 12.2 Å². The van der Waals surface area contributed by atoms with Crippen molar-refractivity contribution in [3.63, 3.8) is 0 Å². The van der Waals surface area contributed by atoms with Gasteiger partial charge in [0.1, 0.15) is 0 Å². The monoisotopic (exact) mass is 336 g/mol. The largest absolute Gasteiger partial charge is 0.289 e. The minimum absolute atomic E-state index is 0.0105. The van der Waals surface area contributed by atoms with Crippen molar-refractivity contribution in [1.29, 1.82) is 0 Å². The van der Waals surface area contributed by atoms with Gasteiger partial charge >= 0.3 is 0 Å². The van der Waals surface area contributed by atoms with E-state index in [0.29, 0.717) is 11.1 Å². The van der Waals surface area contributed by atoms with Gasteiger partial charge in [0.05, 0.1) is 0 Å². The molecule has 2 aromatic rings. The fourth-order valence-corrected chi connectivity index (χ4v) is 3.11. The van der Waals surface area contributed by atoms with Crippen LogP contribution in [0.25, 0.3) is 11.1 Å². The van der Waals surface area contributed by atoms with Crippen molar-refractivity contribution in [3.05, 3.63) is 119 Å². The summed E-state index contributed by atoms with van der Waals surface area (Å²) in [6, 6.07) is 19.2. The van der Waals surface area contributed by atoms with Crippen molar-refractivity contribution >= 4 is 22.7 Å². The van der Waals surface area contributed by atoms with E-state index in [2.05, 4.69) is 0 Å². The molecular weight excluding hydrogens is 320 g/mol. The molecule has 0 saturated heterocycles. The molecule has 2 aromatic carbocycles. The van der Waals surface area contributed by atoms with Crippen LogP contribution in [0.3, 0.4) is 0 Å². The minimum atomic E-state index is -0.0105. The third kappa shape index (κ3) is 3.05. The van der Waals surface area contributed by atoms with E-state index in [9.17, 15) is 9.59 Å². The molecule has 0 saturated carbocycles. The maximum absolute atomic E-state index is 12.3. The normalized spacial score (nSPS) is 19.4. The summed E-state index contributed by atoms with van der Waals surface area (Å²) in [4.78, 5) is 24.6. The van der Waals surface area contributed by atoms with Crippen LogP contribution in [-0.4, -0.2) is 11.6 Å². The highest BCUT2D eigenvalue weighted by atomic mass is 16.1. The number of rotatable bonds is 2. The first-order valence-electron chi connectivity index (χ1n) is 8.46. The lowest BCUT2D eigenvalue weighted by molar-refractivity contribution is -0.110. The zero-order valence-corrected chi connectivity index (χ0v) is 14.1. The molecule has 2 aliphatic carbocycles. The molecule has 0 amide bonds. The zero-order valence-electron chi connectivity index (χ0n) is 14.1. The number of hydrogen-bond acceptors (Lipinski definition) is 2. The van der Waals surface area contributed by atoms with Gasteiger partial charge in [0.15, 0.2) is 11.6 Å². The van der Waals surface area contributed by atoms with Crippen molar-refractivity contribution < 1.29 is 9.59 Å². The molecule has 0 fully saturated rings. The molecule has 0 N–H and O–H groups in total. The van der Waals surface area contributed by atoms with Crippen LogP contribution in [0.1, 0.15) is 11.1 Å². The lowest BCUT2D eigenvalue weighted by atomic mass is 9.88. The van der Waals surface area contributed by atoms with Crippen molar-refractivity contribution in [2.45, 2.75) is 0 Å². The molecule has 0 spiro atoms. The first-order chi connectivity index (χ1) is 12.7. The van der Waals surface area contributed by atoms with Gasteiger partial charge in [-0.15, -0.1) is 0 Å². The van der Waals surface area contributed by atoms with Crippen LogP contribution >= 0.6 is 0 Å². The Morgan fingerprint density at radius 2 is 0.846 bits per heavy atom. The summed E-state index contributed by atoms with van der Waals surface area (Å²) < 4.78 is 0. The number of hydrogen-bond donors (Lipinski definition) is 0. The highest BCUT2D eigenvalue weighted by molar-refractivity contribution is 6.29. The highest BCUT2D eigenvalue weighted by Gasteiger charge is 2.18. The van der Waals surface area contributed by atoms with Crippen molar-refractivity contribution in [3.8, 4) is 0 Å². The van der Waals surface area contributed by atoms with Gasteiger partial charge < -0.3 is 0 Å². The summed E-state index contributed by atoms with van der Waals surface area (Å²) in [5.74, 6) is -0.0210. The maximum atomic E-state index is 12.3. The molecule has 0 atom stereocenters. The fraction of sp³-hybridized carbons (Fsp3) is 0. The molecule has 0 aromatic heterocycles. The fourth-order valence-electron chi connectivity index (χ4n) is 3.11. The van der Waals surface area contributed by atoms with Crippen LogP contribution in [0.15, 0.2) is 108 Å². The molecule has 124 valence electrons. The van der Waals surface area contributed by atoms with E-state index in [4.69, 9.17) is 0 Å². The Balaban J connectivity index is 1.81. The first-order valence-corrected chi connectivity index (χ1v) is 8.46. The third-order valence-electron chi connectivity index (χ3n) is 4.46. The van der Waals surface area contributed by atoms with Crippen LogP contribution in [0.5, 0.6) is 0 Å². The van der Waals surface area contributed by atoms with Crippen LogP contribution in [0.2, 0.25) is 0 Å². The SMILES string of the molecule is O=C1C=C/C(=C2/C=CC(=O)C(c3ccccc3)=C2)C=C1c1ccccc1. The number of ketones is 2. The number of allylic oxidation sites excluding steroid dienone is 10. The molecule has 26 heavy (non-hydrogen) atoms. The van der Waals surface area contributed by atoms with Gasteiger partial charge in [-0.1, -0.05) is 72.8 Å². The minimum Gasteiger partial charge on any atom is -0.289 e. The molecule has 0 bridgehead atoms. The van der Waals surface area contributed by atoms with Crippen LogP contribution in [0, 0.1) is 0 Å². The van der Waals surface area contributed by atoms with Crippen molar-refractivity contribution in [2.24, 2.45) is 0 Å². The van der Waals surface area contributed by atoms with Crippen LogP contribution in [-0.2, 0) is 9.59 Å². The Kier molecular flexibility index (Phi) is 4.16. The van der Waals surface area contributed by atoms with Gasteiger partial charge in [-0.25, -0.2) is 0 Å². The second-order valence-electron chi connectivity index (χ2n) is 6.15. The van der Waals surface area contributed by atoms with Crippen LogP contribution in [0.4, 0.5) is 0 Å². The van der Waals surface area contributed by atoms with Gasteiger partial charge in [0.25, 0.3) is 0 Å². The zero-order chi connectivity index (χ0) is 17.9. The molecule has 2 heteroatoms. The average Bonchev–Trinajstić information content (AvgIpc) is 2.70. The topological polar surface area (TPSA) is 34.1 Å². The summed E-state index contributed by atoms with van der Waals surface area (Å²) in [5, 5.41) is 0. The summed E-state index contributed by atoms with van der Waals surface area (Å²) >= 11 is 0. The van der Waals surface area contributed by atoms with E-state index < -0.39 is 0 Å². The molecular formula is C24H16O2. The van der Waals surface area contributed by atoms with Crippen molar-refractivity contribution in [1.82, 2.24) is 0 Å². The first kappa shape index (κ1) is 16.0. The molecule has 0 unspecified atom stereocenters. The summed E-state index contributed by atoms with van der Waals surface area (Å²) in [5.41, 5.74) is 4.94. The lowest BCUT2D eigenvalue weighted by Gasteiger charge is -2.14. The molecule has 4 rings (SSSR count). The Bertz CT molecular complexity index is 945. The maximum Gasteiger partial charge on any atom is 0.186 e. The van der Waals surface area contributed by atoms with Gasteiger partial charge in [-0.2, -0.15) is 0 Å². The number of carbonyl (C=O) groups excluding carboxylic acids is 2. The van der Waals surface area contributed by atoms with Gasteiger partial charge in [0.2, 0.25) is 0 Å². The number of benzene rings is 2. The van der Waals surface area contributed by atoms with Gasteiger partial charge in [0, 0.05) is 11.1 Å². The van der Waals surface area contributed by atoms with E-state index in [0.717, 1.165) is 22.3 Å². The van der Waals surface area contributed by atoms with E-state index in [-0.39, 0.29) is 11.6 Å². The Morgan fingerprint density at radius 1 is 0.462 bits per heavy atom. The molecule has 0 heterocycles. The molecule has 2 aliphatic rings. The average molecular weight is 336 g/mol.